The number of terminal acetylenes is 1. The van der Waals surface area contributed by atoms with Crippen LogP contribution in [0.15, 0.2) is 48.8 Å². The molecule has 1 aromatic carbocycles. The summed E-state index contributed by atoms with van der Waals surface area (Å²) in [5.41, 5.74) is 2.75. The van der Waals surface area contributed by atoms with Crippen LogP contribution in [-0.2, 0) is 0 Å². The molecule has 0 radical (unpaired) electrons. The number of aryl methyl sites for hydroxylation is 1. The standard InChI is InChI=1S/C19H16N4O2/c1-3-9-20-18(24)14-6-4-5-7-15(14)22-19(25)16-12-23-10-8-13(2)11-17(23)21-16/h1,4-8,10-12H,9H2,2H3,(H,20,24)(H,22,25). The molecule has 0 saturated carbocycles. The number of fused-ring (bicyclic) bond motifs is 1. The monoisotopic (exact) mass is 332 g/mol. The molecule has 0 saturated heterocycles. The number of aromatic nitrogens is 2. The minimum atomic E-state index is -0.390. The van der Waals surface area contributed by atoms with Gasteiger partial charge < -0.3 is 15.0 Å². The SMILES string of the molecule is C#CCNC(=O)c1ccccc1NC(=O)c1cn2ccc(C)cc2n1. The Labute approximate surface area is 144 Å². The van der Waals surface area contributed by atoms with Crippen molar-refractivity contribution in [1.82, 2.24) is 14.7 Å². The second kappa shape index (κ2) is 6.89. The predicted octanol–water partition coefficient (Wildman–Crippen LogP) is 2.26. The first-order chi connectivity index (χ1) is 12.1. The lowest BCUT2D eigenvalue weighted by atomic mass is 10.1. The van der Waals surface area contributed by atoms with Crippen LogP contribution in [-0.4, -0.2) is 27.7 Å². The van der Waals surface area contributed by atoms with E-state index in [1.807, 2.05) is 25.3 Å². The van der Waals surface area contributed by atoms with E-state index in [0.29, 0.717) is 16.9 Å². The van der Waals surface area contributed by atoms with Gasteiger partial charge in [-0.1, -0.05) is 18.1 Å². The summed E-state index contributed by atoms with van der Waals surface area (Å²) in [5.74, 6) is 1.60. The van der Waals surface area contributed by atoms with Gasteiger partial charge in [0.2, 0.25) is 0 Å². The molecule has 25 heavy (non-hydrogen) atoms. The van der Waals surface area contributed by atoms with Crippen LogP contribution in [0.1, 0.15) is 26.4 Å². The molecule has 0 aliphatic carbocycles. The summed E-state index contributed by atoms with van der Waals surface area (Å²) in [6.07, 6.45) is 8.64. The van der Waals surface area contributed by atoms with Gasteiger partial charge in [-0.15, -0.1) is 6.42 Å². The Morgan fingerprint density at radius 1 is 1.24 bits per heavy atom. The molecule has 6 nitrogen and oxygen atoms in total. The highest BCUT2D eigenvalue weighted by Crippen LogP contribution is 2.16. The lowest BCUT2D eigenvalue weighted by molar-refractivity contribution is 0.0959. The van der Waals surface area contributed by atoms with E-state index in [9.17, 15) is 9.59 Å². The highest BCUT2D eigenvalue weighted by Gasteiger charge is 2.15. The summed E-state index contributed by atoms with van der Waals surface area (Å²) in [6, 6.07) is 10.5. The lowest BCUT2D eigenvalue weighted by Crippen LogP contribution is -2.25. The number of nitrogens with one attached hydrogen (secondary N) is 2. The average Bonchev–Trinajstić information content (AvgIpc) is 3.03. The smallest absolute Gasteiger partial charge is 0.275 e. The molecule has 0 spiro atoms. The van der Waals surface area contributed by atoms with Crippen molar-refractivity contribution in [2.24, 2.45) is 0 Å². The normalized spacial score (nSPS) is 10.2. The summed E-state index contributed by atoms with van der Waals surface area (Å²) in [6.45, 7) is 2.08. The molecule has 2 heterocycles. The van der Waals surface area contributed by atoms with E-state index >= 15 is 0 Å². The molecule has 2 N–H and O–H groups in total. The third-order valence-electron chi connectivity index (χ3n) is 3.62. The fraction of sp³-hybridized carbons (Fsp3) is 0.105. The molecule has 0 aliphatic rings. The number of hydrogen-bond acceptors (Lipinski definition) is 3. The molecule has 3 rings (SSSR count). The van der Waals surface area contributed by atoms with Gasteiger partial charge in [0, 0.05) is 12.4 Å². The summed E-state index contributed by atoms with van der Waals surface area (Å²) in [4.78, 5) is 29.0. The van der Waals surface area contributed by atoms with Crippen molar-refractivity contribution in [2.75, 3.05) is 11.9 Å². The van der Waals surface area contributed by atoms with Gasteiger partial charge in [0.05, 0.1) is 17.8 Å². The van der Waals surface area contributed by atoms with Crippen LogP contribution < -0.4 is 10.6 Å². The van der Waals surface area contributed by atoms with E-state index in [4.69, 9.17) is 6.42 Å². The number of amides is 2. The Morgan fingerprint density at radius 3 is 2.84 bits per heavy atom. The largest absolute Gasteiger partial charge is 0.341 e. The second-order valence-corrected chi connectivity index (χ2v) is 5.48. The summed E-state index contributed by atoms with van der Waals surface area (Å²) in [7, 11) is 0. The minimum absolute atomic E-state index is 0.118. The van der Waals surface area contributed by atoms with E-state index in [1.54, 1.807) is 34.9 Å². The molecule has 3 aromatic rings. The maximum atomic E-state index is 12.5. The van der Waals surface area contributed by atoms with Gasteiger partial charge in [0.1, 0.15) is 11.3 Å². The number of para-hydroxylation sites is 1. The Morgan fingerprint density at radius 2 is 2.04 bits per heavy atom. The summed E-state index contributed by atoms with van der Waals surface area (Å²) >= 11 is 0. The van der Waals surface area contributed by atoms with Crippen molar-refractivity contribution in [2.45, 2.75) is 6.92 Å². The summed E-state index contributed by atoms with van der Waals surface area (Å²) < 4.78 is 1.77. The zero-order valence-corrected chi connectivity index (χ0v) is 13.6. The first-order valence-corrected chi connectivity index (χ1v) is 7.66. The quantitative estimate of drug-likeness (QED) is 0.720. The maximum absolute atomic E-state index is 12.5. The molecule has 0 atom stereocenters. The highest BCUT2D eigenvalue weighted by atomic mass is 16.2. The highest BCUT2D eigenvalue weighted by molar-refractivity contribution is 6.08. The van der Waals surface area contributed by atoms with Crippen LogP contribution >= 0.6 is 0 Å². The number of imidazole rings is 1. The first kappa shape index (κ1) is 16.3. The topological polar surface area (TPSA) is 75.5 Å². The molecule has 2 amide bonds. The number of hydrogen-bond donors (Lipinski definition) is 2. The Balaban J connectivity index is 1.85. The number of benzene rings is 1. The number of nitrogens with zero attached hydrogens (tertiary/aromatic N) is 2. The van der Waals surface area contributed by atoms with E-state index in [2.05, 4.69) is 21.5 Å². The summed E-state index contributed by atoms with van der Waals surface area (Å²) in [5, 5.41) is 5.32. The van der Waals surface area contributed by atoms with Crippen molar-refractivity contribution in [3.8, 4) is 12.3 Å². The fourth-order valence-corrected chi connectivity index (χ4v) is 2.40. The van der Waals surface area contributed by atoms with E-state index in [0.717, 1.165) is 5.56 Å². The van der Waals surface area contributed by atoms with Gasteiger partial charge in [0.15, 0.2) is 0 Å². The van der Waals surface area contributed by atoms with Crippen molar-refractivity contribution >= 4 is 23.1 Å². The molecular formula is C19H16N4O2. The van der Waals surface area contributed by atoms with Gasteiger partial charge in [-0.3, -0.25) is 9.59 Å². The van der Waals surface area contributed by atoms with Gasteiger partial charge >= 0.3 is 0 Å². The number of carbonyl (C=O) groups excluding carboxylic acids is 2. The molecule has 6 heteroatoms. The maximum Gasteiger partial charge on any atom is 0.275 e. The minimum Gasteiger partial charge on any atom is -0.341 e. The number of anilines is 1. The molecule has 0 aliphatic heterocycles. The molecule has 0 bridgehead atoms. The first-order valence-electron chi connectivity index (χ1n) is 7.66. The van der Waals surface area contributed by atoms with Crippen LogP contribution in [0.2, 0.25) is 0 Å². The van der Waals surface area contributed by atoms with Gasteiger partial charge in [-0.25, -0.2) is 4.98 Å². The third-order valence-corrected chi connectivity index (χ3v) is 3.62. The van der Waals surface area contributed by atoms with Crippen LogP contribution in [0, 0.1) is 19.3 Å². The Hall–Kier alpha value is -3.59. The van der Waals surface area contributed by atoms with Crippen molar-refractivity contribution in [3.05, 3.63) is 65.6 Å². The van der Waals surface area contributed by atoms with E-state index < -0.39 is 5.91 Å². The predicted molar refractivity (Wildman–Crippen MR) is 95.5 cm³/mol. The van der Waals surface area contributed by atoms with E-state index in [1.165, 1.54) is 0 Å². The van der Waals surface area contributed by atoms with Gasteiger partial charge in [-0.2, -0.15) is 0 Å². The number of carbonyl (C=O) groups is 2. The molecule has 2 aromatic heterocycles. The number of rotatable bonds is 4. The van der Waals surface area contributed by atoms with Gasteiger partial charge in [-0.05, 0) is 36.8 Å². The van der Waals surface area contributed by atoms with Crippen molar-refractivity contribution in [3.63, 3.8) is 0 Å². The zero-order chi connectivity index (χ0) is 17.8. The lowest BCUT2D eigenvalue weighted by Gasteiger charge is -2.09. The van der Waals surface area contributed by atoms with Crippen LogP contribution in [0.4, 0.5) is 5.69 Å². The Bertz CT molecular complexity index is 998. The van der Waals surface area contributed by atoms with Crippen LogP contribution in [0.3, 0.4) is 0 Å². The average molecular weight is 332 g/mol. The zero-order valence-electron chi connectivity index (χ0n) is 13.6. The second-order valence-electron chi connectivity index (χ2n) is 5.48. The number of pyridine rings is 1. The Kier molecular flexibility index (Phi) is 4.48. The molecule has 124 valence electrons. The van der Waals surface area contributed by atoms with Crippen molar-refractivity contribution in [1.29, 1.82) is 0 Å². The van der Waals surface area contributed by atoms with Gasteiger partial charge in [0.25, 0.3) is 11.8 Å². The molecule has 0 unspecified atom stereocenters. The van der Waals surface area contributed by atoms with Crippen molar-refractivity contribution < 1.29 is 9.59 Å². The fourth-order valence-electron chi connectivity index (χ4n) is 2.40. The van der Waals surface area contributed by atoms with Crippen LogP contribution in [0.5, 0.6) is 0 Å². The third kappa shape index (κ3) is 3.51. The molecular weight excluding hydrogens is 316 g/mol. The molecule has 0 fully saturated rings. The van der Waals surface area contributed by atoms with E-state index in [-0.39, 0.29) is 18.1 Å². The van der Waals surface area contributed by atoms with Crippen LogP contribution in [0.25, 0.3) is 5.65 Å².